The van der Waals surface area contributed by atoms with Crippen LogP contribution in [0.1, 0.15) is 51.3 Å². The second-order valence-corrected chi connectivity index (χ2v) is 5.33. The summed E-state index contributed by atoms with van der Waals surface area (Å²) in [6, 6.07) is 0.386. The van der Waals surface area contributed by atoms with Crippen molar-refractivity contribution in [3.63, 3.8) is 0 Å². The van der Waals surface area contributed by atoms with Gasteiger partial charge in [0, 0.05) is 7.05 Å². The fraction of sp³-hybridized carbons (Fsp3) is 0.846. The Balaban J connectivity index is 2.10. The molecule has 0 saturated heterocycles. The SMILES string of the molecule is CCNC(c1cnn(C)n1)C1CCCC(C)C1. The molecule has 0 aliphatic heterocycles. The minimum absolute atomic E-state index is 0.386. The Kier molecular flexibility index (Phi) is 4.15. The van der Waals surface area contributed by atoms with E-state index in [1.54, 1.807) is 4.80 Å². The molecule has 0 radical (unpaired) electrons. The van der Waals surface area contributed by atoms with Crippen LogP contribution in [0.3, 0.4) is 0 Å². The van der Waals surface area contributed by atoms with E-state index in [9.17, 15) is 0 Å². The Labute approximate surface area is 104 Å². The maximum absolute atomic E-state index is 4.47. The van der Waals surface area contributed by atoms with Gasteiger partial charge in [-0.1, -0.05) is 26.7 Å². The van der Waals surface area contributed by atoms with Gasteiger partial charge in [-0.05, 0) is 31.2 Å². The average Bonchev–Trinajstić information content (AvgIpc) is 2.72. The molecule has 1 N–H and O–H groups in total. The van der Waals surface area contributed by atoms with Crippen molar-refractivity contribution in [2.45, 2.75) is 45.6 Å². The molecule has 3 atom stereocenters. The summed E-state index contributed by atoms with van der Waals surface area (Å²) in [5.74, 6) is 1.57. The highest BCUT2D eigenvalue weighted by atomic mass is 15.5. The average molecular weight is 236 g/mol. The number of hydrogen-bond donors (Lipinski definition) is 1. The van der Waals surface area contributed by atoms with E-state index >= 15 is 0 Å². The van der Waals surface area contributed by atoms with Gasteiger partial charge in [0.2, 0.25) is 0 Å². The third-order valence-electron chi connectivity index (χ3n) is 3.81. The van der Waals surface area contributed by atoms with Crippen molar-refractivity contribution in [1.82, 2.24) is 20.3 Å². The lowest BCUT2D eigenvalue weighted by atomic mass is 9.78. The molecule has 1 aromatic heterocycles. The zero-order valence-corrected chi connectivity index (χ0v) is 11.2. The Morgan fingerprint density at radius 2 is 2.35 bits per heavy atom. The van der Waals surface area contributed by atoms with Crippen LogP contribution >= 0.6 is 0 Å². The van der Waals surface area contributed by atoms with Crippen molar-refractivity contribution >= 4 is 0 Å². The molecule has 96 valence electrons. The van der Waals surface area contributed by atoms with Crippen LogP contribution in [0.15, 0.2) is 6.20 Å². The van der Waals surface area contributed by atoms with Crippen molar-refractivity contribution in [2.75, 3.05) is 6.54 Å². The van der Waals surface area contributed by atoms with Gasteiger partial charge >= 0.3 is 0 Å². The first-order valence-corrected chi connectivity index (χ1v) is 6.80. The molecular formula is C13H24N4. The monoisotopic (exact) mass is 236 g/mol. The molecular weight excluding hydrogens is 212 g/mol. The first-order valence-electron chi connectivity index (χ1n) is 6.80. The molecule has 4 heteroatoms. The van der Waals surface area contributed by atoms with Crippen molar-refractivity contribution in [1.29, 1.82) is 0 Å². The number of nitrogens with one attached hydrogen (secondary N) is 1. The van der Waals surface area contributed by atoms with Crippen LogP contribution < -0.4 is 5.32 Å². The van der Waals surface area contributed by atoms with Gasteiger partial charge in [0.15, 0.2) is 0 Å². The second kappa shape index (κ2) is 5.63. The van der Waals surface area contributed by atoms with E-state index < -0.39 is 0 Å². The van der Waals surface area contributed by atoms with Gasteiger partial charge in [-0.25, -0.2) is 0 Å². The summed E-state index contributed by atoms with van der Waals surface area (Å²) in [5.41, 5.74) is 1.11. The maximum atomic E-state index is 4.47. The molecule has 17 heavy (non-hydrogen) atoms. The summed E-state index contributed by atoms with van der Waals surface area (Å²) in [6.07, 6.45) is 7.28. The molecule has 0 bridgehead atoms. The normalized spacial score (nSPS) is 27.0. The lowest BCUT2D eigenvalue weighted by molar-refractivity contribution is 0.222. The molecule has 0 aromatic carbocycles. The van der Waals surface area contributed by atoms with E-state index in [2.05, 4.69) is 29.4 Å². The molecule has 4 nitrogen and oxygen atoms in total. The number of nitrogens with zero attached hydrogens (tertiary/aromatic N) is 3. The topological polar surface area (TPSA) is 42.7 Å². The summed E-state index contributed by atoms with van der Waals surface area (Å²) < 4.78 is 0. The lowest BCUT2D eigenvalue weighted by Gasteiger charge is -2.32. The van der Waals surface area contributed by atoms with Crippen molar-refractivity contribution < 1.29 is 0 Å². The Bertz CT molecular complexity index is 347. The standard InChI is InChI=1S/C13H24N4/c1-4-14-13(12-9-15-17(3)16-12)11-7-5-6-10(2)8-11/h9-11,13-14H,4-8H2,1-3H3. The summed E-state index contributed by atoms with van der Waals surface area (Å²) >= 11 is 0. The van der Waals surface area contributed by atoms with Gasteiger partial charge in [0.25, 0.3) is 0 Å². The van der Waals surface area contributed by atoms with Crippen LogP contribution in [0.25, 0.3) is 0 Å². The summed E-state index contributed by atoms with van der Waals surface area (Å²) in [4.78, 5) is 1.66. The van der Waals surface area contributed by atoms with Gasteiger partial charge in [0.1, 0.15) is 0 Å². The summed E-state index contributed by atoms with van der Waals surface area (Å²) in [5, 5.41) is 12.3. The van der Waals surface area contributed by atoms with Crippen molar-refractivity contribution in [2.24, 2.45) is 18.9 Å². The van der Waals surface area contributed by atoms with Crippen LogP contribution in [0.4, 0.5) is 0 Å². The molecule has 1 saturated carbocycles. The van der Waals surface area contributed by atoms with E-state index in [1.165, 1.54) is 25.7 Å². The maximum Gasteiger partial charge on any atom is 0.0999 e. The summed E-state index contributed by atoms with van der Waals surface area (Å²) in [7, 11) is 1.88. The minimum atomic E-state index is 0.386. The highest BCUT2D eigenvalue weighted by Gasteiger charge is 2.28. The molecule has 1 aliphatic rings. The smallest absolute Gasteiger partial charge is 0.0999 e. The highest BCUT2D eigenvalue weighted by molar-refractivity contribution is 5.03. The third-order valence-corrected chi connectivity index (χ3v) is 3.81. The molecule has 1 aromatic rings. The molecule has 1 heterocycles. The largest absolute Gasteiger partial charge is 0.309 e. The predicted octanol–water partition coefficient (Wildman–Crippen LogP) is 2.29. The Morgan fingerprint density at radius 3 is 2.94 bits per heavy atom. The molecule has 1 aliphatic carbocycles. The van der Waals surface area contributed by atoms with Crippen LogP contribution in [0.2, 0.25) is 0 Å². The fourth-order valence-electron chi connectivity index (χ4n) is 3.02. The quantitative estimate of drug-likeness (QED) is 0.872. The minimum Gasteiger partial charge on any atom is -0.309 e. The molecule has 0 spiro atoms. The van der Waals surface area contributed by atoms with E-state index in [0.717, 1.165) is 24.1 Å². The zero-order valence-electron chi connectivity index (χ0n) is 11.2. The van der Waals surface area contributed by atoms with Gasteiger partial charge in [-0.15, -0.1) is 0 Å². The molecule has 0 amide bonds. The van der Waals surface area contributed by atoms with Gasteiger partial charge in [0.05, 0.1) is 17.9 Å². The van der Waals surface area contributed by atoms with E-state index in [0.29, 0.717) is 6.04 Å². The first-order chi connectivity index (χ1) is 8.20. The second-order valence-electron chi connectivity index (χ2n) is 5.33. The van der Waals surface area contributed by atoms with E-state index in [4.69, 9.17) is 0 Å². The number of hydrogen-bond acceptors (Lipinski definition) is 3. The van der Waals surface area contributed by atoms with E-state index in [1.807, 2.05) is 13.2 Å². The highest BCUT2D eigenvalue weighted by Crippen LogP contribution is 2.36. The fourth-order valence-corrected chi connectivity index (χ4v) is 3.02. The predicted molar refractivity (Wildman–Crippen MR) is 68.5 cm³/mol. The van der Waals surface area contributed by atoms with Crippen LogP contribution in [0, 0.1) is 11.8 Å². The summed E-state index contributed by atoms with van der Waals surface area (Å²) in [6.45, 7) is 5.52. The third kappa shape index (κ3) is 3.06. The molecule has 3 unspecified atom stereocenters. The number of rotatable bonds is 4. The van der Waals surface area contributed by atoms with Gasteiger partial charge < -0.3 is 5.32 Å². The molecule has 1 fully saturated rings. The number of aromatic nitrogens is 3. The van der Waals surface area contributed by atoms with Crippen LogP contribution in [0.5, 0.6) is 0 Å². The van der Waals surface area contributed by atoms with Crippen LogP contribution in [-0.2, 0) is 7.05 Å². The lowest BCUT2D eigenvalue weighted by Crippen LogP contribution is -2.31. The van der Waals surface area contributed by atoms with Gasteiger partial charge in [-0.2, -0.15) is 15.0 Å². The first kappa shape index (κ1) is 12.6. The van der Waals surface area contributed by atoms with E-state index in [-0.39, 0.29) is 0 Å². The Morgan fingerprint density at radius 1 is 1.53 bits per heavy atom. The molecule has 2 rings (SSSR count). The number of aryl methyl sites for hydroxylation is 1. The van der Waals surface area contributed by atoms with Crippen LogP contribution in [-0.4, -0.2) is 21.5 Å². The Hall–Kier alpha value is -0.900. The zero-order chi connectivity index (χ0) is 12.3. The van der Waals surface area contributed by atoms with Crippen molar-refractivity contribution in [3.8, 4) is 0 Å². The van der Waals surface area contributed by atoms with Crippen molar-refractivity contribution in [3.05, 3.63) is 11.9 Å². The van der Waals surface area contributed by atoms with Gasteiger partial charge in [-0.3, -0.25) is 0 Å².